The second kappa shape index (κ2) is 13.6. The van der Waals surface area contributed by atoms with Crippen molar-refractivity contribution in [3.63, 3.8) is 0 Å². The zero-order chi connectivity index (χ0) is 24.5. The lowest BCUT2D eigenvalue weighted by atomic mass is 9.92. The molecular weight excluding hydrogens is 495 g/mol. The number of alkyl halides is 1. The Hall–Kier alpha value is -1.75. The van der Waals surface area contributed by atoms with Crippen molar-refractivity contribution in [2.45, 2.75) is 68.2 Å². The Morgan fingerprint density at radius 2 is 1.00 bits per heavy atom. The molecule has 0 atom stereocenters. The second-order valence-electron chi connectivity index (χ2n) is 7.82. The minimum atomic E-state index is 0.436. The maximum absolute atomic E-state index is 9.97. The fourth-order valence-electron chi connectivity index (χ4n) is 3.79. The van der Waals surface area contributed by atoms with Crippen molar-refractivity contribution in [3.8, 4) is 11.5 Å². The molecule has 0 aliphatic heterocycles. The van der Waals surface area contributed by atoms with Crippen molar-refractivity contribution < 1.29 is 9.84 Å². The second-order valence-corrected chi connectivity index (χ2v) is 7.82. The monoisotopic (exact) mass is 536 g/mol. The van der Waals surface area contributed by atoms with Gasteiger partial charge in [0.05, 0.1) is 7.11 Å². The van der Waals surface area contributed by atoms with Crippen LogP contribution < -0.4 is 4.74 Å². The van der Waals surface area contributed by atoms with Gasteiger partial charge >= 0.3 is 0 Å². The molecular formula is C28H41IO2. The number of halogens is 1. The van der Waals surface area contributed by atoms with Crippen molar-refractivity contribution in [2.24, 2.45) is 0 Å². The summed E-state index contributed by atoms with van der Waals surface area (Å²) in [5, 5.41) is 9.97. The molecule has 172 valence electrons. The van der Waals surface area contributed by atoms with Gasteiger partial charge < -0.3 is 9.84 Å². The molecule has 0 amide bonds. The smallest absolute Gasteiger partial charge is 0.125 e. The van der Waals surface area contributed by atoms with Crippen LogP contribution in [0.4, 0.5) is 0 Å². The van der Waals surface area contributed by atoms with Gasteiger partial charge in [-0.3, -0.25) is 0 Å². The van der Waals surface area contributed by atoms with Crippen molar-refractivity contribution >= 4 is 22.6 Å². The first-order valence-corrected chi connectivity index (χ1v) is 12.7. The maximum Gasteiger partial charge on any atom is 0.125 e. The summed E-state index contributed by atoms with van der Waals surface area (Å²) in [6.45, 7) is 24.3. The van der Waals surface area contributed by atoms with Gasteiger partial charge in [-0.05, 0) is 118 Å². The molecule has 0 aliphatic rings. The summed E-state index contributed by atoms with van der Waals surface area (Å²) in [4.78, 5) is 1.97. The van der Waals surface area contributed by atoms with E-state index in [2.05, 4.69) is 84.2 Å². The molecule has 2 nitrogen and oxygen atoms in total. The SMILES string of the molecule is C=CCc1c(C)c(C)c(C)c(C)c1O.C=CCc1c(C)c(C)c(C)c(C)c1OC.CI. The fourth-order valence-corrected chi connectivity index (χ4v) is 3.79. The normalized spacial score (nSPS) is 9.77. The number of ether oxygens (including phenoxy) is 1. The third-order valence-electron chi connectivity index (χ3n) is 6.44. The summed E-state index contributed by atoms with van der Waals surface area (Å²) < 4.78 is 5.50. The van der Waals surface area contributed by atoms with Gasteiger partial charge in [0.2, 0.25) is 0 Å². The minimum absolute atomic E-state index is 0.436. The Labute approximate surface area is 204 Å². The summed E-state index contributed by atoms with van der Waals surface area (Å²) in [7, 11) is 1.74. The van der Waals surface area contributed by atoms with E-state index >= 15 is 0 Å². The van der Waals surface area contributed by atoms with Gasteiger partial charge in [-0.15, -0.1) is 13.2 Å². The summed E-state index contributed by atoms with van der Waals surface area (Å²) in [5.41, 5.74) is 12.2. The van der Waals surface area contributed by atoms with Crippen molar-refractivity contribution in [3.05, 3.63) is 80.9 Å². The predicted molar refractivity (Wildman–Crippen MR) is 147 cm³/mol. The zero-order valence-electron chi connectivity index (χ0n) is 21.2. The number of phenolic OH excluding ortho intramolecular Hbond substituents is 1. The van der Waals surface area contributed by atoms with Crippen molar-refractivity contribution in [1.82, 2.24) is 0 Å². The first kappa shape index (κ1) is 29.2. The average molecular weight is 537 g/mol. The topological polar surface area (TPSA) is 29.5 Å². The van der Waals surface area contributed by atoms with E-state index in [0.717, 1.165) is 29.7 Å². The van der Waals surface area contributed by atoms with E-state index in [9.17, 15) is 5.11 Å². The highest BCUT2D eigenvalue weighted by atomic mass is 127. The number of hydrogen-bond acceptors (Lipinski definition) is 2. The number of rotatable bonds is 5. The molecule has 1 N–H and O–H groups in total. The molecule has 0 saturated heterocycles. The summed E-state index contributed by atoms with van der Waals surface area (Å²) in [5.74, 6) is 1.46. The number of phenols is 1. The van der Waals surface area contributed by atoms with Gasteiger partial charge in [0.1, 0.15) is 11.5 Å². The molecule has 2 aromatic rings. The molecule has 0 spiro atoms. The van der Waals surface area contributed by atoms with Crippen LogP contribution in [0.5, 0.6) is 11.5 Å². The van der Waals surface area contributed by atoms with Crippen LogP contribution in [0.25, 0.3) is 0 Å². The van der Waals surface area contributed by atoms with Crippen LogP contribution in [0.3, 0.4) is 0 Å². The first-order valence-electron chi connectivity index (χ1n) is 10.6. The molecule has 0 bridgehead atoms. The molecule has 0 aliphatic carbocycles. The lowest BCUT2D eigenvalue weighted by Gasteiger charge is -2.18. The molecule has 31 heavy (non-hydrogen) atoms. The lowest BCUT2D eigenvalue weighted by Crippen LogP contribution is -2.02. The molecule has 3 heteroatoms. The third kappa shape index (κ3) is 6.61. The van der Waals surface area contributed by atoms with Gasteiger partial charge in [0.15, 0.2) is 0 Å². The number of hydrogen-bond donors (Lipinski definition) is 1. The van der Waals surface area contributed by atoms with Crippen LogP contribution in [0.2, 0.25) is 0 Å². The molecule has 0 saturated carbocycles. The standard InChI is InChI=1S/C14H20O.C13H18O.CH3I/c1-7-8-13-11(4)9(2)10(3)12(5)14(13)15-6;1-6-7-12-10(4)8(2)9(3)11(5)13(12)14;1-2/h7H,1,8H2,2-6H3;6,14H,1,7H2,2-5H3;1H3. The molecule has 0 heterocycles. The Bertz CT molecular complexity index is 895. The quantitative estimate of drug-likeness (QED) is 0.238. The van der Waals surface area contributed by atoms with E-state index in [1.54, 1.807) is 7.11 Å². The highest BCUT2D eigenvalue weighted by molar-refractivity contribution is 14.1. The Kier molecular flexibility index (Phi) is 12.8. The Morgan fingerprint density at radius 3 is 1.42 bits per heavy atom. The number of methoxy groups -OCH3 is 1. The highest BCUT2D eigenvalue weighted by Gasteiger charge is 2.14. The Balaban J connectivity index is 0.000000539. The number of allylic oxidation sites excluding steroid dienone is 2. The molecule has 0 fully saturated rings. The van der Waals surface area contributed by atoms with E-state index in [-0.39, 0.29) is 0 Å². The van der Waals surface area contributed by atoms with Gasteiger partial charge in [0, 0.05) is 11.1 Å². The van der Waals surface area contributed by atoms with Crippen molar-refractivity contribution in [1.29, 1.82) is 0 Å². The molecule has 0 radical (unpaired) electrons. The first-order chi connectivity index (χ1) is 14.5. The van der Waals surface area contributed by atoms with E-state index in [1.807, 2.05) is 24.0 Å². The van der Waals surface area contributed by atoms with E-state index < -0.39 is 0 Å². The molecule has 0 aromatic heterocycles. The van der Waals surface area contributed by atoms with E-state index in [0.29, 0.717) is 5.75 Å². The van der Waals surface area contributed by atoms with Crippen LogP contribution in [-0.4, -0.2) is 17.1 Å². The van der Waals surface area contributed by atoms with Crippen LogP contribution in [0.15, 0.2) is 25.3 Å². The van der Waals surface area contributed by atoms with Crippen molar-refractivity contribution in [2.75, 3.05) is 12.0 Å². The van der Waals surface area contributed by atoms with Gasteiger partial charge in [-0.1, -0.05) is 34.7 Å². The summed E-state index contributed by atoms with van der Waals surface area (Å²) >= 11 is 2.15. The van der Waals surface area contributed by atoms with Gasteiger partial charge in [-0.2, -0.15) is 0 Å². The summed E-state index contributed by atoms with van der Waals surface area (Å²) in [6, 6.07) is 0. The average Bonchev–Trinajstić information content (AvgIpc) is 2.78. The number of aromatic hydroxyl groups is 1. The molecule has 2 rings (SSSR count). The van der Waals surface area contributed by atoms with Crippen LogP contribution in [-0.2, 0) is 12.8 Å². The van der Waals surface area contributed by atoms with Crippen LogP contribution in [0, 0.1) is 55.4 Å². The summed E-state index contributed by atoms with van der Waals surface area (Å²) in [6.07, 6.45) is 5.37. The maximum atomic E-state index is 9.97. The molecule has 2 aromatic carbocycles. The third-order valence-corrected chi connectivity index (χ3v) is 6.44. The largest absolute Gasteiger partial charge is 0.507 e. The van der Waals surface area contributed by atoms with Crippen LogP contribution >= 0.6 is 22.6 Å². The van der Waals surface area contributed by atoms with Crippen LogP contribution in [0.1, 0.15) is 55.6 Å². The van der Waals surface area contributed by atoms with Gasteiger partial charge in [0.25, 0.3) is 0 Å². The Morgan fingerprint density at radius 1 is 0.645 bits per heavy atom. The minimum Gasteiger partial charge on any atom is -0.507 e. The van der Waals surface area contributed by atoms with E-state index in [1.165, 1.54) is 44.5 Å². The zero-order valence-corrected chi connectivity index (χ0v) is 23.4. The fraction of sp³-hybridized carbons (Fsp3) is 0.429. The highest BCUT2D eigenvalue weighted by Crippen LogP contribution is 2.33. The lowest BCUT2D eigenvalue weighted by molar-refractivity contribution is 0.406. The molecule has 0 unspecified atom stereocenters. The number of benzene rings is 2. The predicted octanol–water partition coefficient (Wildman–Crippen LogP) is 8.06. The van der Waals surface area contributed by atoms with E-state index in [4.69, 9.17) is 4.74 Å². The van der Waals surface area contributed by atoms with Gasteiger partial charge in [-0.25, -0.2) is 0 Å².